The van der Waals surface area contributed by atoms with Crippen molar-refractivity contribution in [3.63, 3.8) is 0 Å². The molecular weight excluding hydrogens is 660 g/mol. The average molecular weight is 703 g/mol. The van der Waals surface area contributed by atoms with Crippen LogP contribution in [0.4, 0.5) is 38.5 Å². The van der Waals surface area contributed by atoms with E-state index in [0.717, 1.165) is 45.6 Å². The molecule has 1 aliphatic rings. The van der Waals surface area contributed by atoms with Crippen molar-refractivity contribution in [2.45, 2.75) is 39.5 Å². The summed E-state index contributed by atoms with van der Waals surface area (Å²) >= 11 is 0. The summed E-state index contributed by atoms with van der Waals surface area (Å²) in [5.41, 5.74) is 11.8. The van der Waals surface area contributed by atoms with Gasteiger partial charge in [0.25, 0.3) is 0 Å². The van der Waals surface area contributed by atoms with Crippen LogP contribution >= 0.6 is 0 Å². The van der Waals surface area contributed by atoms with Gasteiger partial charge in [0, 0.05) is 33.2 Å². The lowest BCUT2D eigenvalue weighted by Crippen LogP contribution is -2.18. The van der Waals surface area contributed by atoms with Gasteiger partial charge in [0.2, 0.25) is 0 Å². The van der Waals surface area contributed by atoms with Gasteiger partial charge >= 0.3 is 0 Å². The van der Waals surface area contributed by atoms with Gasteiger partial charge in [0.05, 0.1) is 17.1 Å². The van der Waals surface area contributed by atoms with E-state index in [2.05, 4.69) is 165 Å². The normalized spacial score (nSPS) is 12.9. The van der Waals surface area contributed by atoms with Crippen LogP contribution in [0.2, 0.25) is 0 Å². The molecule has 0 aromatic heterocycles. The molecule has 0 fully saturated rings. The van der Waals surface area contributed by atoms with Gasteiger partial charge in [0.1, 0.15) is 5.82 Å². The Morgan fingerprint density at radius 2 is 1.11 bits per heavy atom. The second-order valence-electron chi connectivity index (χ2n) is 15.4. The van der Waals surface area contributed by atoms with Crippen molar-refractivity contribution >= 4 is 55.7 Å². The maximum atomic E-state index is 15.8. The number of hydrogen-bond donors (Lipinski definition) is 0. The zero-order chi connectivity index (χ0) is 37.0. The van der Waals surface area contributed by atoms with Crippen LogP contribution in [-0.2, 0) is 11.8 Å². The zero-order valence-corrected chi connectivity index (χ0v) is 31.2. The highest BCUT2D eigenvalue weighted by molar-refractivity contribution is 6.10. The summed E-state index contributed by atoms with van der Waals surface area (Å²) in [5.74, 6) is 0.331. The van der Waals surface area contributed by atoms with Crippen LogP contribution in [0.15, 0.2) is 170 Å². The lowest BCUT2D eigenvalue weighted by molar-refractivity contribution is 0.629. The highest BCUT2D eigenvalue weighted by Gasteiger charge is 2.38. The van der Waals surface area contributed by atoms with Gasteiger partial charge in [-0.05, 0) is 112 Å². The summed E-state index contributed by atoms with van der Waals surface area (Å²) in [5, 5.41) is 4.66. The number of nitrogens with zero attached hydrogens (tertiary/aromatic N) is 2. The van der Waals surface area contributed by atoms with Crippen molar-refractivity contribution in [2.24, 2.45) is 5.92 Å². The molecule has 0 unspecified atom stereocenters. The van der Waals surface area contributed by atoms with Crippen molar-refractivity contribution in [1.82, 2.24) is 0 Å². The van der Waals surface area contributed by atoms with E-state index in [-0.39, 0.29) is 11.2 Å². The van der Waals surface area contributed by atoms with Crippen LogP contribution in [0.5, 0.6) is 0 Å². The van der Waals surface area contributed by atoms with Crippen molar-refractivity contribution in [1.29, 1.82) is 0 Å². The van der Waals surface area contributed by atoms with E-state index >= 15 is 4.39 Å². The fraction of sp³-hybridized carbons (Fsp3) is 0.137. The summed E-state index contributed by atoms with van der Waals surface area (Å²) in [6, 6.07) is 59.5. The van der Waals surface area contributed by atoms with Crippen molar-refractivity contribution in [3.05, 3.63) is 192 Å². The minimum Gasteiger partial charge on any atom is -0.310 e. The fourth-order valence-electron chi connectivity index (χ4n) is 8.58. The molecule has 0 heterocycles. The average Bonchev–Trinajstić information content (AvgIpc) is 3.42. The van der Waals surface area contributed by atoms with Crippen molar-refractivity contribution in [2.75, 3.05) is 9.80 Å². The fourth-order valence-corrected chi connectivity index (χ4v) is 8.58. The van der Waals surface area contributed by atoms with Crippen LogP contribution < -0.4 is 9.80 Å². The van der Waals surface area contributed by atoms with E-state index in [1.54, 1.807) is 12.1 Å². The molecular formula is C51H43FN2. The van der Waals surface area contributed by atoms with Crippen LogP contribution in [0.3, 0.4) is 0 Å². The minimum atomic E-state index is -0.345. The minimum absolute atomic E-state index is 0.260. The zero-order valence-electron chi connectivity index (χ0n) is 31.2. The standard InChI is InChI=1S/C51H43FN2/c1-34(2)31-35-25-27-38(28-26-35)53(47-24-14-16-36-15-8-9-19-40(36)47)39-29-30-43-44(32-39)51(3,4)45-33-49(41-20-10-11-21-42(41)50(43)45)54(37-17-6-5-7-18-37)48-23-13-12-22-46(48)52/h5-30,32-34H,31H2,1-4H3. The number of fused-ring (bicyclic) bond motifs is 6. The molecule has 8 aromatic rings. The summed E-state index contributed by atoms with van der Waals surface area (Å²) in [6.07, 6.45) is 1.05. The van der Waals surface area contributed by atoms with Crippen LogP contribution in [0, 0.1) is 11.7 Å². The molecule has 0 aliphatic heterocycles. The Morgan fingerprint density at radius 1 is 0.500 bits per heavy atom. The first kappa shape index (κ1) is 33.6. The molecule has 0 atom stereocenters. The molecule has 2 nitrogen and oxygen atoms in total. The maximum absolute atomic E-state index is 15.8. The van der Waals surface area contributed by atoms with Gasteiger partial charge in [-0.15, -0.1) is 0 Å². The van der Waals surface area contributed by atoms with Gasteiger partial charge in [-0.1, -0.05) is 137 Å². The van der Waals surface area contributed by atoms with Crippen molar-refractivity contribution < 1.29 is 4.39 Å². The Hall–Kier alpha value is -6.19. The Bertz CT molecular complexity index is 2650. The van der Waals surface area contributed by atoms with Gasteiger partial charge in [-0.3, -0.25) is 0 Å². The SMILES string of the molecule is CC(C)Cc1ccc(N(c2ccc3c(c2)C(C)(C)c2cc(N(c4ccccc4)c4ccccc4F)c4ccccc4c2-3)c2cccc3ccccc23)cc1. The number of anilines is 6. The Kier molecular flexibility index (Phi) is 8.31. The van der Waals surface area contributed by atoms with Gasteiger partial charge in [-0.25, -0.2) is 4.39 Å². The smallest absolute Gasteiger partial charge is 0.147 e. The quantitative estimate of drug-likeness (QED) is 0.156. The lowest BCUT2D eigenvalue weighted by atomic mass is 9.81. The van der Waals surface area contributed by atoms with Gasteiger partial charge in [-0.2, -0.15) is 0 Å². The van der Waals surface area contributed by atoms with Crippen molar-refractivity contribution in [3.8, 4) is 11.1 Å². The van der Waals surface area contributed by atoms with Crippen LogP contribution in [-0.4, -0.2) is 0 Å². The molecule has 1 aliphatic carbocycles. The van der Waals surface area contributed by atoms with E-state index in [9.17, 15) is 0 Å². The second-order valence-corrected chi connectivity index (χ2v) is 15.4. The number of hydrogen-bond acceptors (Lipinski definition) is 2. The number of rotatable bonds is 8. The third-order valence-corrected chi connectivity index (χ3v) is 11.1. The molecule has 0 bridgehead atoms. The molecule has 0 spiro atoms. The second kappa shape index (κ2) is 13.3. The monoisotopic (exact) mass is 702 g/mol. The lowest BCUT2D eigenvalue weighted by Gasteiger charge is -2.30. The third-order valence-electron chi connectivity index (χ3n) is 11.1. The summed E-state index contributed by atoms with van der Waals surface area (Å²) in [4.78, 5) is 4.49. The molecule has 0 saturated carbocycles. The van der Waals surface area contributed by atoms with E-state index in [4.69, 9.17) is 0 Å². The van der Waals surface area contributed by atoms with Crippen LogP contribution in [0.1, 0.15) is 44.4 Å². The van der Waals surface area contributed by atoms with Gasteiger partial charge < -0.3 is 9.80 Å². The Balaban J connectivity index is 1.25. The Morgan fingerprint density at radius 3 is 1.87 bits per heavy atom. The first-order valence-electron chi connectivity index (χ1n) is 19.0. The predicted molar refractivity (Wildman–Crippen MR) is 227 cm³/mol. The van der Waals surface area contributed by atoms with E-state index in [0.29, 0.717) is 11.6 Å². The summed E-state index contributed by atoms with van der Waals surface area (Å²) in [7, 11) is 0. The van der Waals surface area contributed by atoms with E-state index < -0.39 is 0 Å². The predicted octanol–water partition coefficient (Wildman–Crippen LogP) is 14.6. The largest absolute Gasteiger partial charge is 0.310 e. The first-order valence-corrected chi connectivity index (χ1v) is 19.0. The van der Waals surface area contributed by atoms with Crippen LogP contribution in [0.25, 0.3) is 32.7 Å². The first-order chi connectivity index (χ1) is 26.3. The highest BCUT2D eigenvalue weighted by Crippen LogP contribution is 2.56. The number of benzene rings is 8. The topological polar surface area (TPSA) is 6.48 Å². The molecule has 8 aromatic carbocycles. The summed E-state index contributed by atoms with van der Waals surface area (Å²) in [6.45, 7) is 9.20. The summed E-state index contributed by atoms with van der Waals surface area (Å²) < 4.78 is 15.8. The third kappa shape index (κ3) is 5.63. The van der Waals surface area contributed by atoms with E-state index in [1.807, 2.05) is 30.3 Å². The maximum Gasteiger partial charge on any atom is 0.147 e. The molecule has 9 rings (SSSR count). The van der Waals surface area contributed by atoms with Gasteiger partial charge in [0.15, 0.2) is 0 Å². The highest BCUT2D eigenvalue weighted by atomic mass is 19.1. The molecule has 0 amide bonds. The number of halogens is 1. The Labute approximate surface area is 317 Å². The molecule has 54 heavy (non-hydrogen) atoms. The molecule has 0 N–H and O–H groups in total. The number of para-hydroxylation sites is 2. The molecule has 3 heteroatoms. The molecule has 264 valence electrons. The molecule has 0 saturated heterocycles. The van der Waals surface area contributed by atoms with E-state index in [1.165, 1.54) is 38.6 Å². The molecule has 0 radical (unpaired) electrons.